The van der Waals surface area contributed by atoms with Crippen molar-refractivity contribution in [1.29, 1.82) is 0 Å². The Balaban J connectivity index is 1.71. The highest BCUT2D eigenvalue weighted by Gasteiger charge is 2.18. The van der Waals surface area contributed by atoms with Gasteiger partial charge in [0.25, 0.3) is 0 Å². The molecule has 0 aromatic heterocycles. The van der Waals surface area contributed by atoms with E-state index < -0.39 is 0 Å². The van der Waals surface area contributed by atoms with Gasteiger partial charge in [-0.25, -0.2) is 0 Å². The van der Waals surface area contributed by atoms with Crippen molar-refractivity contribution in [2.75, 3.05) is 26.2 Å². The molecule has 4 unspecified atom stereocenters. The first-order valence-corrected chi connectivity index (χ1v) is 8.32. The summed E-state index contributed by atoms with van der Waals surface area (Å²) < 4.78 is 0. The fourth-order valence-corrected chi connectivity index (χ4v) is 2.79. The SMILES string of the molecule is CC(CN=NCC(C)C1=NCC(O)CC1)C1=NCC(O)CC1. The second kappa shape index (κ2) is 8.48. The molecule has 4 atom stereocenters. The van der Waals surface area contributed by atoms with Crippen molar-refractivity contribution in [2.45, 2.75) is 51.7 Å². The first kappa shape index (κ1) is 17.2. The molecule has 2 N–H and O–H groups in total. The number of aliphatic hydroxyl groups is 2. The summed E-state index contributed by atoms with van der Waals surface area (Å²) in [5.41, 5.74) is 2.31. The normalized spacial score (nSPS) is 29.1. The maximum absolute atomic E-state index is 9.45. The van der Waals surface area contributed by atoms with Gasteiger partial charge in [0.1, 0.15) is 0 Å². The average molecular weight is 308 g/mol. The summed E-state index contributed by atoms with van der Waals surface area (Å²) in [6.45, 7) is 6.61. The van der Waals surface area contributed by atoms with E-state index in [2.05, 4.69) is 34.1 Å². The van der Waals surface area contributed by atoms with Gasteiger partial charge in [0.15, 0.2) is 0 Å². The molecule has 6 nitrogen and oxygen atoms in total. The predicted octanol–water partition coefficient (Wildman–Crippen LogP) is 1.90. The second-order valence-electron chi connectivity index (χ2n) is 6.50. The third-order valence-corrected chi connectivity index (χ3v) is 4.43. The molecule has 0 amide bonds. The summed E-state index contributed by atoms with van der Waals surface area (Å²) in [5, 5.41) is 27.5. The third kappa shape index (κ3) is 5.25. The Morgan fingerprint density at radius 3 is 1.64 bits per heavy atom. The Kier molecular flexibility index (Phi) is 6.64. The lowest BCUT2D eigenvalue weighted by atomic mass is 9.97. The molecule has 2 aliphatic rings. The van der Waals surface area contributed by atoms with Crippen molar-refractivity contribution in [3.8, 4) is 0 Å². The van der Waals surface area contributed by atoms with E-state index in [0.717, 1.165) is 37.1 Å². The molecule has 2 rings (SSSR count). The van der Waals surface area contributed by atoms with Crippen LogP contribution in [0.2, 0.25) is 0 Å². The molecule has 0 fully saturated rings. The van der Waals surface area contributed by atoms with Crippen molar-refractivity contribution < 1.29 is 10.2 Å². The van der Waals surface area contributed by atoms with Crippen LogP contribution >= 0.6 is 0 Å². The van der Waals surface area contributed by atoms with Crippen LogP contribution < -0.4 is 0 Å². The lowest BCUT2D eigenvalue weighted by Crippen LogP contribution is -2.25. The zero-order valence-corrected chi connectivity index (χ0v) is 13.6. The summed E-state index contributed by atoms with van der Waals surface area (Å²) in [4.78, 5) is 8.85. The summed E-state index contributed by atoms with van der Waals surface area (Å²) in [6, 6.07) is 0. The van der Waals surface area contributed by atoms with Crippen molar-refractivity contribution in [1.82, 2.24) is 0 Å². The first-order valence-electron chi connectivity index (χ1n) is 8.32. The molecule has 124 valence electrons. The van der Waals surface area contributed by atoms with Crippen molar-refractivity contribution >= 4 is 11.4 Å². The van der Waals surface area contributed by atoms with E-state index in [1.165, 1.54) is 0 Å². The Morgan fingerprint density at radius 1 is 0.909 bits per heavy atom. The van der Waals surface area contributed by atoms with Crippen LogP contribution in [0.3, 0.4) is 0 Å². The number of hydrogen-bond acceptors (Lipinski definition) is 6. The highest BCUT2D eigenvalue weighted by molar-refractivity contribution is 5.87. The maximum atomic E-state index is 9.45. The first-order chi connectivity index (χ1) is 10.6. The smallest absolute Gasteiger partial charge is 0.0738 e. The second-order valence-corrected chi connectivity index (χ2v) is 6.50. The molecule has 0 aromatic carbocycles. The minimum Gasteiger partial charge on any atom is -0.391 e. The molecule has 6 heteroatoms. The number of aliphatic hydroxyl groups excluding tert-OH is 2. The highest BCUT2D eigenvalue weighted by atomic mass is 16.3. The van der Waals surface area contributed by atoms with E-state index in [1.807, 2.05) is 0 Å². The van der Waals surface area contributed by atoms with E-state index in [9.17, 15) is 10.2 Å². The predicted molar refractivity (Wildman–Crippen MR) is 88.0 cm³/mol. The molecule has 0 saturated carbocycles. The molecular formula is C16H28N4O2. The number of azo groups is 1. The lowest BCUT2D eigenvalue weighted by Gasteiger charge is -2.20. The fraction of sp³-hybridized carbons (Fsp3) is 0.875. The van der Waals surface area contributed by atoms with Gasteiger partial charge < -0.3 is 10.2 Å². The van der Waals surface area contributed by atoms with Crippen LogP contribution in [0.25, 0.3) is 0 Å². The minimum atomic E-state index is -0.270. The average Bonchev–Trinajstić information content (AvgIpc) is 2.52. The standard InChI is InChI=1S/C16H28N4O2/c1-11(15-5-3-13(21)9-17-15)7-19-20-8-12(2)16-6-4-14(22)10-18-16/h11-14,21-22H,3-10H2,1-2H3. The molecule has 0 aromatic rings. The van der Waals surface area contributed by atoms with E-state index in [4.69, 9.17) is 0 Å². The zero-order valence-electron chi connectivity index (χ0n) is 13.6. The van der Waals surface area contributed by atoms with Crippen LogP contribution in [0.4, 0.5) is 0 Å². The molecule has 0 saturated heterocycles. The van der Waals surface area contributed by atoms with Crippen LogP contribution in [-0.4, -0.2) is 60.0 Å². The van der Waals surface area contributed by atoms with Crippen LogP contribution in [0.5, 0.6) is 0 Å². The quantitative estimate of drug-likeness (QED) is 0.734. The van der Waals surface area contributed by atoms with Gasteiger partial charge in [-0.1, -0.05) is 13.8 Å². The van der Waals surface area contributed by atoms with E-state index in [-0.39, 0.29) is 12.2 Å². The number of nitrogens with zero attached hydrogens (tertiary/aromatic N) is 4. The summed E-state index contributed by atoms with van der Waals surface area (Å²) in [7, 11) is 0. The van der Waals surface area contributed by atoms with Crippen LogP contribution in [0, 0.1) is 11.8 Å². The zero-order chi connectivity index (χ0) is 15.9. The topological polar surface area (TPSA) is 89.9 Å². The largest absolute Gasteiger partial charge is 0.391 e. The summed E-state index contributed by atoms with van der Waals surface area (Å²) >= 11 is 0. The number of aliphatic imine (C=N–C) groups is 2. The molecular weight excluding hydrogens is 280 g/mol. The minimum absolute atomic E-state index is 0.270. The molecule has 0 aliphatic carbocycles. The Bertz CT molecular complexity index is 407. The fourth-order valence-electron chi connectivity index (χ4n) is 2.79. The molecule has 0 bridgehead atoms. The lowest BCUT2D eigenvalue weighted by molar-refractivity contribution is 0.170. The molecule has 0 radical (unpaired) electrons. The van der Waals surface area contributed by atoms with E-state index >= 15 is 0 Å². The molecule has 2 heterocycles. The van der Waals surface area contributed by atoms with Crippen LogP contribution in [-0.2, 0) is 0 Å². The van der Waals surface area contributed by atoms with Gasteiger partial charge >= 0.3 is 0 Å². The van der Waals surface area contributed by atoms with E-state index in [1.54, 1.807) is 0 Å². The third-order valence-electron chi connectivity index (χ3n) is 4.43. The van der Waals surface area contributed by atoms with Gasteiger partial charge in [-0.15, -0.1) is 0 Å². The van der Waals surface area contributed by atoms with Gasteiger partial charge in [-0.05, 0) is 25.7 Å². The van der Waals surface area contributed by atoms with Gasteiger partial charge in [-0.2, -0.15) is 10.2 Å². The van der Waals surface area contributed by atoms with Crippen LogP contribution in [0.1, 0.15) is 39.5 Å². The summed E-state index contributed by atoms with van der Waals surface area (Å²) in [6.07, 6.45) is 2.81. The number of rotatable bonds is 6. The van der Waals surface area contributed by atoms with E-state index in [0.29, 0.717) is 38.0 Å². The molecule has 22 heavy (non-hydrogen) atoms. The van der Waals surface area contributed by atoms with Gasteiger partial charge in [0.2, 0.25) is 0 Å². The molecule has 0 spiro atoms. The molecule has 2 aliphatic heterocycles. The van der Waals surface area contributed by atoms with Gasteiger partial charge in [-0.3, -0.25) is 9.98 Å². The van der Waals surface area contributed by atoms with Crippen LogP contribution in [0.15, 0.2) is 20.2 Å². The maximum Gasteiger partial charge on any atom is 0.0738 e. The van der Waals surface area contributed by atoms with Gasteiger partial charge in [0, 0.05) is 23.3 Å². The summed E-state index contributed by atoms with van der Waals surface area (Å²) in [5.74, 6) is 0.599. The van der Waals surface area contributed by atoms with Crippen molar-refractivity contribution in [2.24, 2.45) is 32.0 Å². The number of hydrogen-bond donors (Lipinski definition) is 2. The monoisotopic (exact) mass is 308 g/mol. The van der Waals surface area contributed by atoms with Crippen molar-refractivity contribution in [3.05, 3.63) is 0 Å². The Labute approximate surface area is 132 Å². The highest BCUT2D eigenvalue weighted by Crippen LogP contribution is 2.15. The van der Waals surface area contributed by atoms with Crippen molar-refractivity contribution in [3.63, 3.8) is 0 Å². The Morgan fingerprint density at radius 2 is 1.32 bits per heavy atom. The Hall–Kier alpha value is -1.14. The van der Waals surface area contributed by atoms with Gasteiger partial charge in [0.05, 0.1) is 38.4 Å².